The fraction of sp³-hybridized carbons (Fsp3) is 0.636. The zero-order valence-electron chi connectivity index (χ0n) is 11.5. The molecule has 2 N–H and O–H groups in total. The molecule has 1 atom stereocenters. The third kappa shape index (κ3) is 4.19. The Morgan fingerprint density at radius 1 is 1.63 bits per heavy atom. The Labute approximate surface area is 120 Å². The van der Waals surface area contributed by atoms with E-state index in [9.17, 15) is 9.90 Å². The number of nitrogens with one attached hydrogen (secondary N) is 1. The van der Waals surface area contributed by atoms with E-state index in [-0.39, 0.29) is 18.1 Å². The number of methoxy groups -OCH3 is 1. The standard InChI is InChI=1S/C11H19BrN4O3/c1-15(2)6-7(17)5-13-10(18)9-8(12)11(19-4)16(3)14-9/h7,17H,5-6H2,1-4H3,(H,13,18). The number of hydrogen-bond acceptors (Lipinski definition) is 5. The molecule has 8 heteroatoms. The summed E-state index contributed by atoms with van der Waals surface area (Å²) in [7, 11) is 6.89. The number of halogens is 1. The summed E-state index contributed by atoms with van der Waals surface area (Å²) in [5, 5.41) is 16.4. The third-order valence-corrected chi connectivity index (χ3v) is 3.14. The van der Waals surface area contributed by atoms with Gasteiger partial charge in [0.05, 0.1) is 13.2 Å². The minimum atomic E-state index is -0.622. The zero-order chi connectivity index (χ0) is 14.6. The molecule has 0 spiro atoms. The maximum atomic E-state index is 11.9. The van der Waals surface area contributed by atoms with E-state index >= 15 is 0 Å². The predicted molar refractivity (Wildman–Crippen MR) is 74.4 cm³/mol. The first-order chi connectivity index (χ1) is 8.86. The summed E-state index contributed by atoms with van der Waals surface area (Å²) in [4.78, 5) is 13.8. The molecule has 0 aliphatic rings. The summed E-state index contributed by atoms with van der Waals surface area (Å²) in [6.45, 7) is 0.648. The quantitative estimate of drug-likeness (QED) is 0.756. The van der Waals surface area contributed by atoms with Crippen LogP contribution in [0.15, 0.2) is 4.47 Å². The number of carbonyl (C=O) groups excluding carboxylic acids is 1. The van der Waals surface area contributed by atoms with E-state index in [2.05, 4.69) is 26.3 Å². The highest BCUT2D eigenvalue weighted by atomic mass is 79.9. The van der Waals surface area contributed by atoms with Crippen LogP contribution in [-0.4, -0.2) is 66.1 Å². The van der Waals surface area contributed by atoms with Gasteiger partial charge in [-0.1, -0.05) is 0 Å². The van der Waals surface area contributed by atoms with E-state index in [1.54, 1.807) is 7.05 Å². The monoisotopic (exact) mass is 334 g/mol. The van der Waals surface area contributed by atoms with E-state index in [1.165, 1.54) is 11.8 Å². The molecular formula is C11H19BrN4O3. The number of rotatable bonds is 6. The molecule has 19 heavy (non-hydrogen) atoms. The number of amides is 1. The van der Waals surface area contributed by atoms with Gasteiger partial charge in [-0.2, -0.15) is 5.10 Å². The van der Waals surface area contributed by atoms with Crippen molar-refractivity contribution in [3.05, 3.63) is 10.2 Å². The Morgan fingerprint density at radius 2 is 2.26 bits per heavy atom. The molecule has 0 aliphatic carbocycles. The molecule has 0 radical (unpaired) electrons. The summed E-state index contributed by atoms with van der Waals surface area (Å²) < 4.78 is 7.07. The van der Waals surface area contributed by atoms with Crippen molar-refractivity contribution in [3.8, 4) is 5.88 Å². The number of aryl methyl sites for hydroxylation is 1. The van der Waals surface area contributed by atoms with Crippen molar-refractivity contribution >= 4 is 21.8 Å². The first-order valence-corrected chi connectivity index (χ1v) is 6.53. The highest BCUT2D eigenvalue weighted by Gasteiger charge is 2.21. The number of nitrogens with zero attached hydrogens (tertiary/aromatic N) is 3. The van der Waals surface area contributed by atoms with Gasteiger partial charge in [0.2, 0.25) is 5.88 Å². The van der Waals surface area contributed by atoms with Crippen LogP contribution in [0, 0.1) is 0 Å². The van der Waals surface area contributed by atoms with Crippen molar-refractivity contribution < 1.29 is 14.6 Å². The number of carbonyl (C=O) groups is 1. The molecule has 1 aromatic heterocycles. The topological polar surface area (TPSA) is 79.6 Å². The second-order valence-electron chi connectivity index (χ2n) is 4.42. The van der Waals surface area contributed by atoms with E-state index in [0.717, 1.165) is 0 Å². The van der Waals surface area contributed by atoms with Gasteiger partial charge >= 0.3 is 0 Å². The molecule has 0 aliphatic heterocycles. The van der Waals surface area contributed by atoms with Crippen molar-refractivity contribution in [1.29, 1.82) is 0 Å². The summed E-state index contributed by atoms with van der Waals surface area (Å²) in [5.74, 6) is 0.113. The Morgan fingerprint density at radius 3 is 2.74 bits per heavy atom. The van der Waals surface area contributed by atoms with Crippen molar-refractivity contribution in [2.75, 3.05) is 34.3 Å². The lowest BCUT2D eigenvalue weighted by molar-refractivity contribution is 0.0886. The van der Waals surface area contributed by atoms with Crippen LogP contribution < -0.4 is 10.1 Å². The SMILES string of the molecule is COc1c(Br)c(C(=O)NCC(O)CN(C)C)nn1C. The van der Waals surface area contributed by atoms with Crippen molar-refractivity contribution in [2.24, 2.45) is 7.05 Å². The molecule has 0 aromatic carbocycles. The highest BCUT2D eigenvalue weighted by molar-refractivity contribution is 9.10. The molecule has 1 unspecified atom stereocenters. The molecule has 0 bridgehead atoms. The van der Waals surface area contributed by atoms with E-state index in [0.29, 0.717) is 16.9 Å². The summed E-state index contributed by atoms with van der Waals surface area (Å²) in [5.41, 5.74) is 0.233. The first kappa shape index (κ1) is 15.9. The number of ether oxygens (including phenoxy) is 1. The molecule has 1 rings (SSSR count). The van der Waals surface area contributed by atoms with Crippen LogP contribution >= 0.6 is 15.9 Å². The molecule has 0 saturated heterocycles. The molecule has 7 nitrogen and oxygen atoms in total. The van der Waals surface area contributed by atoms with Gasteiger partial charge in [0.15, 0.2) is 5.69 Å². The Bertz CT molecular complexity index is 447. The minimum absolute atomic E-state index is 0.169. The first-order valence-electron chi connectivity index (χ1n) is 5.74. The van der Waals surface area contributed by atoms with Gasteiger partial charge in [-0.05, 0) is 30.0 Å². The molecule has 108 valence electrons. The van der Waals surface area contributed by atoms with E-state index in [4.69, 9.17) is 4.74 Å². The average Bonchev–Trinajstić information content (AvgIpc) is 2.60. The zero-order valence-corrected chi connectivity index (χ0v) is 13.1. The number of aliphatic hydroxyl groups excluding tert-OH is 1. The maximum absolute atomic E-state index is 11.9. The molecule has 0 saturated carbocycles. The molecule has 0 fully saturated rings. The Hall–Kier alpha value is -1.12. The Balaban J connectivity index is 2.64. The van der Waals surface area contributed by atoms with Gasteiger partial charge in [-0.3, -0.25) is 4.79 Å². The van der Waals surface area contributed by atoms with Crippen LogP contribution in [0.1, 0.15) is 10.5 Å². The van der Waals surface area contributed by atoms with Crippen molar-refractivity contribution in [3.63, 3.8) is 0 Å². The smallest absolute Gasteiger partial charge is 0.273 e. The Kier molecular flexibility index (Phi) is 5.77. The number of aliphatic hydroxyl groups is 1. The van der Waals surface area contributed by atoms with E-state index in [1.807, 2.05) is 19.0 Å². The second-order valence-corrected chi connectivity index (χ2v) is 5.21. The molecular weight excluding hydrogens is 316 g/mol. The number of hydrogen-bond donors (Lipinski definition) is 2. The lowest BCUT2D eigenvalue weighted by atomic mass is 10.3. The summed E-state index contributed by atoms with van der Waals surface area (Å²) in [6, 6.07) is 0. The fourth-order valence-corrected chi connectivity index (χ4v) is 2.31. The van der Waals surface area contributed by atoms with Gasteiger partial charge in [0.1, 0.15) is 4.47 Å². The number of aromatic nitrogens is 2. The largest absolute Gasteiger partial charge is 0.480 e. The van der Waals surface area contributed by atoms with Crippen molar-refractivity contribution in [1.82, 2.24) is 20.0 Å². The van der Waals surface area contributed by atoms with Gasteiger partial charge in [-0.25, -0.2) is 4.68 Å². The van der Waals surface area contributed by atoms with Crippen molar-refractivity contribution in [2.45, 2.75) is 6.10 Å². The normalized spacial score (nSPS) is 12.6. The molecule has 1 aromatic rings. The van der Waals surface area contributed by atoms with Gasteiger partial charge in [0, 0.05) is 20.1 Å². The lowest BCUT2D eigenvalue weighted by Crippen LogP contribution is -2.38. The van der Waals surface area contributed by atoms with Gasteiger partial charge < -0.3 is 20.1 Å². The second kappa shape index (κ2) is 6.88. The molecule has 1 amide bonds. The van der Waals surface area contributed by atoms with Gasteiger partial charge in [-0.15, -0.1) is 0 Å². The minimum Gasteiger partial charge on any atom is -0.480 e. The van der Waals surface area contributed by atoms with Crippen LogP contribution in [0.4, 0.5) is 0 Å². The fourth-order valence-electron chi connectivity index (χ4n) is 1.63. The molecule has 1 heterocycles. The van der Waals surface area contributed by atoms with Crippen LogP contribution in [0.25, 0.3) is 0 Å². The predicted octanol–water partition coefficient (Wildman–Crippen LogP) is -0.157. The highest BCUT2D eigenvalue weighted by Crippen LogP contribution is 2.27. The summed E-state index contributed by atoms with van der Waals surface area (Å²) >= 11 is 3.27. The van der Waals surface area contributed by atoms with Gasteiger partial charge in [0.25, 0.3) is 5.91 Å². The van der Waals surface area contributed by atoms with Crippen LogP contribution in [0.3, 0.4) is 0 Å². The van der Waals surface area contributed by atoms with Crippen LogP contribution in [0.2, 0.25) is 0 Å². The van der Waals surface area contributed by atoms with Crippen LogP contribution in [0.5, 0.6) is 5.88 Å². The lowest BCUT2D eigenvalue weighted by Gasteiger charge is -2.15. The number of likely N-dealkylation sites (N-methyl/N-ethyl adjacent to an activating group) is 1. The summed E-state index contributed by atoms with van der Waals surface area (Å²) in [6.07, 6.45) is -0.622. The van der Waals surface area contributed by atoms with E-state index < -0.39 is 6.10 Å². The van der Waals surface area contributed by atoms with Crippen LogP contribution in [-0.2, 0) is 7.05 Å². The average molecular weight is 335 g/mol. The third-order valence-electron chi connectivity index (χ3n) is 2.42. The maximum Gasteiger partial charge on any atom is 0.273 e.